The molecule has 0 radical (unpaired) electrons. The molecule has 0 saturated heterocycles. The van der Waals surface area contributed by atoms with Gasteiger partial charge in [0.1, 0.15) is 0 Å². The monoisotopic (exact) mass is 437 g/mol. The van der Waals surface area contributed by atoms with Crippen LogP contribution in [0.1, 0.15) is 33.6 Å². The minimum Gasteiger partial charge on any atom is -0.358 e. The van der Waals surface area contributed by atoms with E-state index in [1.807, 2.05) is 36.4 Å². The Hall–Kier alpha value is -1.56. The Morgan fingerprint density at radius 1 is 0.808 bits per heavy atom. The molecule has 26 heavy (non-hydrogen) atoms. The molecular formula is C23H27N2Pd-. The van der Waals surface area contributed by atoms with Gasteiger partial charge >= 0.3 is 0 Å². The van der Waals surface area contributed by atoms with Gasteiger partial charge in [-0.25, -0.2) is 0 Å². The SMILES string of the molecule is CC12CCC(C(=Nc3ccccc3)C1=Nc1ccccc1)C2(C)C.[CH3-].[Pd]. The van der Waals surface area contributed by atoms with Crippen LogP contribution >= 0.6 is 0 Å². The number of hydrogen-bond acceptors (Lipinski definition) is 2. The Morgan fingerprint density at radius 2 is 1.31 bits per heavy atom. The molecular weight excluding hydrogens is 411 g/mol. The number of nitrogens with zero attached hydrogens (tertiary/aromatic N) is 2. The summed E-state index contributed by atoms with van der Waals surface area (Å²) in [5, 5.41) is 0. The molecule has 2 saturated carbocycles. The third-order valence-electron chi connectivity index (χ3n) is 6.32. The van der Waals surface area contributed by atoms with Crippen molar-refractivity contribution in [1.29, 1.82) is 0 Å². The second kappa shape index (κ2) is 7.59. The fourth-order valence-corrected chi connectivity index (χ4v) is 4.44. The van der Waals surface area contributed by atoms with E-state index in [4.69, 9.17) is 9.98 Å². The van der Waals surface area contributed by atoms with Gasteiger partial charge in [0.05, 0.1) is 22.8 Å². The van der Waals surface area contributed by atoms with Crippen molar-refractivity contribution in [2.24, 2.45) is 26.7 Å². The average molecular weight is 438 g/mol. The van der Waals surface area contributed by atoms with Gasteiger partial charge in [0.25, 0.3) is 0 Å². The first-order valence-electron chi connectivity index (χ1n) is 8.80. The number of aliphatic imine (C=N–C) groups is 2. The molecule has 0 spiro atoms. The fourth-order valence-electron chi connectivity index (χ4n) is 4.44. The summed E-state index contributed by atoms with van der Waals surface area (Å²) in [7, 11) is 0. The molecule has 0 aromatic heterocycles. The van der Waals surface area contributed by atoms with Crippen LogP contribution in [0.2, 0.25) is 0 Å². The van der Waals surface area contributed by atoms with Gasteiger partial charge in [-0.1, -0.05) is 57.2 Å². The Balaban J connectivity index is 0.00000121. The van der Waals surface area contributed by atoms with E-state index >= 15 is 0 Å². The summed E-state index contributed by atoms with van der Waals surface area (Å²) in [5.74, 6) is 0.491. The standard InChI is InChI=1S/C22H24N2.CH3.Pd/c1-21(2)18-14-15-22(21,3)20(24-17-12-8-5-9-13-17)19(18)23-16-10-6-4-7-11-16;;/h4-13,18H,14-15H2,1-3H3;1H3;/q;-1;. The van der Waals surface area contributed by atoms with Crippen molar-refractivity contribution < 1.29 is 20.4 Å². The van der Waals surface area contributed by atoms with Gasteiger partial charge in [0.2, 0.25) is 0 Å². The maximum Gasteiger partial charge on any atom is 0.0693 e. The molecule has 3 heteroatoms. The van der Waals surface area contributed by atoms with E-state index in [1.54, 1.807) is 0 Å². The van der Waals surface area contributed by atoms with Crippen LogP contribution in [0.5, 0.6) is 0 Å². The summed E-state index contributed by atoms with van der Waals surface area (Å²) in [6.07, 6.45) is 2.41. The maximum atomic E-state index is 5.07. The molecule has 2 bridgehead atoms. The average Bonchev–Trinajstić information content (AvgIpc) is 2.90. The Morgan fingerprint density at radius 3 is 1.85 bits per heavy atom. The number of benzene rings is 2. The van der Waals surface area contributed by atoms with Crippen LogP contribution in [0, 0.1) is 24.2 Å². The molecule has 2 unspecified atom stereocenters. The van der Waals surface area contributed by atoms with Crippen LogP contribution in [-0.2, 0) is 20.4 Å². The molecule has 0 heterocycles. The zero-order valence-electron chi connectivity index (χ0n) is 16.0. The van der Waals surface area contributed by atoms with Crippen LogP contribution in [-0.4, -0.2) is 11.4 Å². The molecule has 0 aliphatic heterocycles. The number of para-hydroxylation sites is 2. The largest absolute Gasteiger partial charge is 0.358 e. The van der Waals surface area contributed by atoms with Crippen molar-refractivity contribution in [3.63, 3.8) is 0 Å². The van der Waals surface area contributed by atoms with Gasteiger partial charge < -0.3 is 7.43 Å². The van der Waals surface area contributed by atoms with Gasteiger partial charge in [-0.2, -0.15) is 0 Å². The zero-order valence-corrected chi connectivity index (χ0v) is 17.5. The first-order chi connectivity index (χ1) is 11.5. The van der Waals surface area contributed by atoms with Gasteiger partial charge in [0, 0.05) is 31.8 Å². The van der Waals surface area contributed by atoms with Crippen molar-refractivity contribution in [2.45, 2.75) is 33.6 Å². The van der Waals surface area contributed by atoms with Gasteiger partial charge in [-0.05, 0) is 42.5 Å². The number of hydrogen-bond donors (Lipinski definition) is 0. The van der Waals surface area contributed by atoms with Gasteiger partial charge in [-0.15, -0.1) is 0 Å². The predicted octanol–water partition coefficient (Wildman–Crippen LogP) is 6.44. The molecule has 0 amide bonds. The summed E-state index contributed by atoms with van der Waals surface area (Å²) in [6.45, 7) is 7.15. The second-order valence-electron chi connectivity index (χ2n) is 7.77. The molecule has 2 aliphatic carbocycles. The van der Waals surface area contributed by atoms with Crippen molar-refractivity contribution in [1.82, 2.24) is 0 Å². The van der Waals surface area contributed by atoms with E-state index in [9.17, 15) is 0 Å². The van der Waals surface area contributed by atoms with E-state index in [-0.39, 0.29) is 38.7 Å². The quantitative estimate of drug-likeness (QED) is 0.381. The van der Waals surface area contributed by atoms with E-state index in [0.29, 0.717) is 5.92 Å². The Labute approximate surface area is 171 Å². The van der Waals surface area contributed by atoms with Crippen LogP contribution < -0.4 is 0 Å². The first-order valence-corrected chi connectivity index (χ1v) is 8.80. The number of rotatable bonds is 2. The first kappa shape index (κ1) is 20.8. The summed E-state index contributed by atoms with van der Waals surface area (Å²) in [4.78, 5) is 10.1. The maximum absolute atomic E-state index is 5.07. The second-order valence-corrected chi connectivity index (χ2v) is 7.77. The molecule has 140 valence electrons. The molecule has 2 aliphatic rings. The summed E-state index contributed by atoms with van der Waals surface area (Å²) in [5.41, 5.74) is 4.75. The van der Waals surface area contributed by atoms with Crippen LogP contribution in [0.3, 0.4) is 0 Å². The van der Waals surface area contributed by atoms with Gasteiger partial charge in [-0.3, -0.25) is 9.98 Å². The Kier molecular flexibility index (Phi) is 6.06. The summed E-state index contributed by atoms with van der Waals surface area (Å²) < 4.78 is 0. The van der Waals surface area contributed by atoms with E-state index in [2.05, 4.69) is 45.0 Å². The third-order valence-corrected chi connectivity index (χ3v) is 6.32. The molecule has 2 aromatic rings. The van der Waals surface area contributed by atoms with E-state index < -0.39 is 0 Å². The Bertz CT molecular complexity index is 809. The molecule has 2 aromatic carbocycles. The summed E-state index contributed by atoms with van der Waals surface area (Å²) in [6, 6.07) is 20.6. The minimum absolute atomic E-state index is 0. The third kappa shape index (κ3) is 3.13. The van der Waals surface area contributed by atoms with Crippen molar-refractivity contribution in [2.75, 3.05) is 0 Å². The molecule has 2 fully saturated rings. The predicted molar refractivity (Wildman–Crippen MR) is 108 cm³/mol. The van der Waals surface area contributed by atoms with Crippen LogP contribution in [0.15, 0.2) is 70.6 Å². The van der Waals surface area contributed by atoms with Crippen molar-refractivity contribution >= 4 is 22.8 Å². The van der Waals surface area contributed by atoms with E-state index in [0.717, 1.165) is 11.4 Å². The number of fused-ring (bicyclic) bond motifs is 2. The molecule has 4 rings (SSSR count). The van der Waals surface area contributed by atoms with Gasteiger partial charge in [0.15, 0.2) is 0 Å². The van der Waals surface area contributed by atoms with Crippen LogP contribution in [0.4, 0.5) is 11.4 Å². The van der Waals surface area contributed by atoms with Crippen molar-refractivity contribution in [3.05, 3.63) is 68.1 Å². The smallest absolute Gasteiger partial charge is 0.0693 e. The molecule has 2 atom stereocenters. The van der Waals surface area contributed by atoms with Crippen LogP contribution in [0.25, 0.3) is 0 Å². The van der Waals surface area contributed by atoms with E-state index in [1.165, 1.54) is 24.3 Å². The normalized spacial score (nSPS) is 28.7. The zero-order chi connectivity index (χ0) is 16.8. The summed E-state index contributed by atoms with van der Waals surface area (Å²) >= 11 is 0. The minimum atomic E-state index is 0. The molecule has 2 nitrogen and oxygen atoms in total. The van der Waals surface area contributed by atoms with Crippen molar-refractivity contribution in [3.8, 4) is 0 Å². The topological polar surface area (TPSA) is 24.7 Å². The fraction of sp³-hybridized carbons (Fsp3) is 0.348. The molecule has 0 N–H and O–H groups in total.